The lowest BCUT2D eigenvalue weighted by atomic mass is 9.97. The van der Waals surface area contributed by atoms with E-state index in [1.54, 1.807) is 20.3 Å². The van der Waals surface area contributed by atoms with Crippen LogP contribution in [0, 0.1) is 6.92 Å². The summed E-state index contributed by atoms with van der Waals surface area (Å²) < 4.78 is 10.8. The van der Waals surface area contributed by atoms with Crippen LogP contribution in [0.1, 0.15) is 22.7 Å². The number of rotatable bonds is 5. The first kappa shape index (κ1) is 15.7. The topological polar surface area (TPSA) is 44.5 Å². The monoisotopic (exact) mass is 305 g/mol. The zero-order chi connectivity index (χ0) is 15.4. The molecule has 0 saturated carbocycles. The van der Waals surface area contributed by atoms with Crippen LogP contribution < -0.4 is 15.2 Å². The SMILES string of the molecule is COc1ccc(C)cc1CC(N)c1ccc(Cl)cc1OC. The van der Waals surface area contributed by atoms with Gasteiger partial charge in [-0.2, -0.15) is 0 Å². The largest absolute Gasteiger partial charge is 0.496 e. The molecule has 0 saturated heterocycles. The Labute approximate surface area is 130 Å². The van der Waals surface area contributed by atoms with Crippen LogP contribution >= 0.6 is 11.6 Å². The minimum atomic E-state index is -0.187. The van der Waals surface area contributed by atoms with Gasteiger partial charge in [0.05, 0.1) is 14.2 Å². The summed E-state index contributed by atoms with van der Waals surface area (Å²) >= 11 is 5.99. The Morgan fingerprint density at radius 3 is 2.43 bits per heavy atom. The average molecular weight is 306 g/mol. The second kappa shape index (κ2) is 6.83. The summed E-state index contributed by atoms with van der Waals surface area (Å²) in [4.78, 5) is 0. The molecule has 4 heteroatoms. The smallest absolute Gasteiger partial charge is 0.125 e. The maximum absolute atomic E-state index is 6.35. The molecule has 0 spiro atoms. The van der Waals surface area contributed by atoms with Crippen molar-refractivity contribution in [2.75, 3.05) is 14.2 Å². The Morgan fingerprint density at radius 1 is 1.05 bits per heavy atom. The summed E-state index contributed by atoms with van der Waals surface area (Å²) in [5, 5.41) is 0.635. The van der Waals surface area contributed by atoms with Crippen LogP contribution in [0.5, 0.6) is 11.5 Å². The number of aryl methyl sites for hydroxylation is 1. The fraction of sp³-hybridized carbons (Fsp3) is 0.294. The van der Waals surface area contributed by atoms with E-state index in [2.05, 4.69) is 13.0 Å². The summed E-state index contributed by atoms with van der Waals surface area (Å²) in [7, 11) is 3.29. The quantitative estimate of drug-likeness (QED) is 0.911. The molecule has 1 unspecified atom stereocenters. The molecule has 21 heavy (non-hydrogen) atoms. The molecule has 0 amide bonds. The molecule has 1 atom stereocenters. The summed E-state index contributed by atoms with van der Waals surface area (Å²) in [5.74, 6) is 1.56. The summed E-state index contributed by atoms with van der Waals surface area (Å²) in [6.07, 6.45) is 0.669. The van der Waals surface area contributed by atoms with Gasteiger partial charge in [-0.15, -0.1) is 0 Å². The van der Waals surface area contributed by atoms with Gasteiger partial charge in [-0.25, -0.2) is 0 Å². The van der Waals surface area contributed by atoms with Crippen molar-refractivity contribution < 1.29 is 9.47 Å². The summed E-state index contributed by atoms with van der Waals surface area (Å²) in [6.45, 7) is 2.05. The lowest BCUT2D eigenvalue weighted by molar-refractivity contribution is 0.400. The van der Waals surface area contributed by atoms with E-state index in [0.29, 0.717) is 17.2 Å². The standard InChI is InChI=1S/C17H20ClNO2/c1-11-4-7-16(20-2)12(8-11)9-15(19)14-6-5-13(18)10-17(14)21-3/h4-8,10,15H,9,19H2,1-3H3. The molecule has 112 valence electrons. The molecule has 0 aliphatic rings. The number of halogens is 1. The van der Waals surface area contributed by atoms with E-state index in [1.807, 2.05) is 24.3 Å². The highest BCUT2D eigenvalue weighted by Gasteiger charge is 2.15. The fourth-order valence-electron chi connectivity index (χ4n) is 2.41. The van der Waals surface area contributed by atoms with Crippen LogP contribution in [0.25, 0.3) is 0 Å². The van der Waals surface area contributed by atoms with Crippen molar-refractivity contribution in [2.24, 2.45) is 5.73 Å². The molecule has 2 aromatic rings. The molecule has 0 aromatic heterocycles. The van der Waals surface area contributed by atoms with Crippen molar-refractivity contribution in [2.45, 2.75) is 19.4 Å². The predicted molar refractivity (Wildman–Crippen MR) is 86.4 cm³/mol. The molecule has 2 aromatic carbocycles. The highest BCUT2D eigenvalue weighted by Crippen LogP contribution is 2.31. The average Bonchev–Trinajstić information content (AvgIpc) is 2.47. The maximum atomic E-state index is 6.35. The first-order valence-corrected chi connectivity index (χ1v) is 7.15. The first-order valence-electron chi connectivity index (χ1n) is 6.77. The minimum absolute atomic E-state index is 0.187. The van der Waals surface area contributed by atoms with E-state index in [1.165, 1.54) is 5.56 Å². The number of hydrogen-bond donors (Lipinski definition) is 1. The van der Waals surface area contributed by atoms with Crippen molar-refractivity contribution in [3.05, 3.63) is 58.1 Å². The molecular weight excluding hydrogens is 286 g/mol. The van der Waals surface area contributed by atoms with Crippen LogP contribution in [0.4, 0.5) is 0 Å². The van der Waals surface area contributed by atoms with Crippen molar-refractivity contribution in [3.63, 3.8) is 0 Å². The van der Waals surface area contributed by atoms with Crippen molar-refractivity contribution in [3.8, 4) is 11.5 Å². The zero-order valence-electron chi connectivity index (χ0n) is 12.5. The van der Waals surface area contributed by atoms with Crippen LogP contribution in [0.15, 0.2) is 36.4 Å². The van der Waals surface area contributed by atoms with E-state index < -0.39 is 0 Å². The van der Waals surface area contributed by atoms with Gasteiger partial charge in [0.25, 0.3) is 0 Å². The van der Waals surface area contributed by atoms with E-state index in [0.717, 1.165) is 16.9 Å². The maximum Gasteiger partial charge on any atom is 0.125 e. The second-order valence-electron chi connectivity index (χ2n) is 5.01. The van der Waals surface area contributed by atoms with Crippen LogP contribution in [-0.2, 0) is 6.42 Å². The molecule has 0 fully saturated rings. The second-order valence-corrected chi connectivity index (χ2v) is 5.45. The number of hydrogen-bond acceptors (Lipinski definition) is 3. The number of ether oxygens (including phenoxy) is 2. The Hall–Kier alpha value is -1.71. The van der Waals surface area contributed by atoms with Gasteiger partial charge in [0.2, 0.25) is 0 Å². The van der Waals surface area contributed by atoms with Gasteiger partial charge in [0.1, 0.15) is 11.5 Å². The lowest BCUT2D eigenvalue weighted by Gasteiger charge is -2.18. The van der Waals surface area contributed by atoms with Gasteiger partial charge in [0, 0.05) is 16.6 Å². The van der Waals surface area contributed by atoms with Crippen molar-refractivity contribution >= 4 is 11.6 Å². The minimum Gasteiger partial charge on any atom is -0.496 e. The number of methoxy groups -OCH3 is 2. The van der Waals surface area contributed by atoms with Crippen molar-refractivity contribution in [1.29, 1.82) is 0 Å². The Morgan fingerprint density at radius 2 is 1.76 bits per heavy atom. The number of benzene rings is 2. The molecule has 0 radical (unpaired) electrons. The molecule has 0 heterocycles. The summed E-state index contributed by atoms with van der Waals surface area (Å²) in [6, 6.07) is 11.4. The van der Waals surface area contributed by atoms with E-state index in [4.69, 9.17) is 26.8 Å². The highest BCUT2D eigenvalue weighted by molar-refractivity contribution is 6.30. The van der Waals surface area contributed by atoms with E-state index >= 15 is 0 Å². The van der Waals surface area contributed by atoms with Gasteiger partial charge in [-0.1, -0.05) is 35.4 Å². The normalized spacial score (nSPS) is 12.0. The molecule has 2 rings (SSSR count). The Kier molecular flexibility index (Phi) is 5.10. The molecule has 0 aliphatic carbocycles. The van der Waals surface area contributed by atoms with E-state index in [9.17, 15) is 0 Å². The van der Waals surface area contributed by atoms with Crippen LogP contribution in [-0.4, -0.2) is 14.2 Å². The summed E-state index contributed by atoms with van der Waals surface area (Å²) in [5.41, 5.74) is 9.55. The Balaban J connectivity index is 2.30. The van der Waals surface area contributed by atoms with Gasteiger partial charge < -0.3 is 15.2 Å². The van der Waals surface area contributed by atoms with Gasteiger partial charge >= 0.3 is 0 Å². The molecule has 0 aliphatic heterocycles. The van der Waals surface area contributed by atoms with Gasteiger partial charge in [-0.3, -0.25) is 0 Å². The first-order chi connectivity index (χ1) is 10.0. The zero-order valence-corrected chi connectivity index (χ0v) is 13.3. The van der Waals surface area contributed by atoms with Gasteiger partial charge in [-0.05, 0) is 37.1 Å². The molecule has 0 bridgehead atoms. The number of nitrogens with two attached hydrogens (primary N) is 1. The Bertz CT molecular complexity index is 628. The lowest BCUT2D eigenvalue weighted by Crippen LogP contribution is -2.15. The third kappa shape index (κ3) is 3.69. The van der Waals surface area contributed by atoms with Gasteiger partial charge in [0.15, 0.2) is 0 Å². The fourth-order valence-corrected chi connectivity index (χ4v) is 2.57. The van der Waals surface area contributed by atoms with Crippen LogP contribution in [0.3, 0.4) is 0 Å². The molecular formula is C17H20ClNO2. The predicted octanol–water partition coefficient (Wildman–Crippen LogP) is 3.91. The highest BCUT2D eigenvalue weighted by atomic mass is 35.5. The third-order valence-corrected chi connectivity index (χ3v) is 3.71. The van der Waals surface area contributed by atoms with E-state index in [-0.39, 0.29) is 6.04 Å². The van der Waals surface area contributed by atoms with Crippen molar-refractivity contribution in [1.82, 2.24) is 0 Å². The molecule has 3 nitrogen and oxygen atoms in total. The van der Waals surface area contributed by atoms with Crippen LogP contribution in [0.2, 0.25) is 5.02 Å². The molecule has 2 N–H and O–H groups in total. The third-order valence-electron chi connectivity index (χ3n) is 3.47.